The highest BCUT2D eigenvalue weighted by molar-refractivity contribution is 5.89. The highest BCUT2D eigenvalue weighted by atomic mass is 19.1. The molecule has 0 saturated heterocycles. The third-order valence-corrected chi connectivity index (χ3v) is 3.97. The van der Waals surface area contributed by atoms with Crippen molar-refractivity contribution in [2.24, 2.45) is 0 Å². The maximum Gasteiger partial charge on any atom is 0.278 e. The Labute approximate surface area is 143 Å². The minimum atomic E-state index is -0.816. The molecule has 3 aromatic rings. The Morgan fingerprint density at radius 2 is 1.96 bits per heavy atom. The van der Waals surface area contributed by atoms with Crippen molar-refractivity contribution in [1.82, 2.24) is 9.78 Å². The molecule has 0 aliphatic carbocycles. The summed E-state index contributed by atoms with van der Waals surface area (Å²) in [5.74, 6) is -0.400. The first-order valence-electron chi connectivity index (χ1n) is 7.87. The average molecular weight is 343 g/mol. The van der Waals surface area contributed by atoms with Crippen molar-refractivity contribution in [2.45, 2.75) is 32.4 Å². The van der Waals surface area contributed by atoms with E-state index in [1.165, 1.54) is 30.3 Å². The number of fused-ring (bicyclic) bond motifs is 1. The summed E-state index contributed by atoms with van der Waals surface area (Å²) in [5.41, 5.74) is 0.691. The number of nitro groups is 1. The summed E-state index contributed by atoms with van der Waals surface area (Å²) in [6.07, 6.45) is 2.23. The van der Waals surface area contributed by atoms with E-state index in [0.717, 1.165) is 0 Å². The van der Waals surface area contributed by atoms with E-state index in [4.69, 9.17) is 0 Å². The van der Waals surface area contributed by atoms with Crippen molar-refractivity contribution in [3.63, 3.8) is 0 Å². The van der Waals surface area contributed by atoms with Crippen LogP contribution in [0.5, 0.6) is 0 Å². The molecule has 0 bridgehead atoms. The van der Waals surface area contributed by atoms with E-state index >= 15 is 0 Å². The van der Waals surface area contributed by atoms with Gasteiger partial charge >= 0.3 is 0 Å². The van der Waals surface area contributed by atoms with Crippen molar-refractivity contribution in [3.05, 3.63) is 58.5 Å². The summed E-state index contributed by atoms with van der Waals surface area (Å²) in [7, 11) is 0. The molecule has 0 unspecified atom stereocenters. The maximum absolute atomic E-state index is 13.1. The number of benzene rings is 2. The molecule has 0 aliphatic heterocycles. The van der Waals surface area contributed by atoms with Crippen LogP contribution in [0.4, 0.5) is 10.1 Å². The SMILES string of the molecule is CC(C)(O)CCn1cc2cc([N+](=O)[O-])c(-c3ccc(F)cc3)cc2n1. The van der Waals surface area contributed by atoms with Gasteiger partial charge in [0.2, 0.25) is 0 Å². The van der Waals surface area contributed by atoms with Crippen LogP contribution in [0.2, 0.25) is 0 Å². The maximum atomic E-state index is 13.1. The Kier molecular flexibility index (Phi) is 4.26. The van der Waals surface area contributed by atoms with Gasteiger partial charge in [0.1, 0.15) is 5.82 Å². The van der Waals surface area contributed by atoms with Crippen LogP contribution < -0.4 is 0 Å². The Morgan fingerprint density at radius 3 is 2.56 bits per heavy atom. The molecule has 6 nitrogen and oxygen atoms in total. The molecule has 2 aromatic carbocycles. The quantitative estimate of drug-likeness (QED) is 0.562. The molecule has 1 heterocycles. The summed E-state index contributed by atoms with van der Waals surface area (Å²) < 4.78 is 14.8. The van der Waals surface area contributed by atoms with E-state index in [9.17, 15) is 19.6 Å². The van der Waals surface area contributed by atoms with Gasteiger partial charge in [-0.15, -0.1) is 0 Å². The summed E-state index contributed by atoms with van der Waals surface area (Å²) in [6.45, 7) is 3.93. The molecule has 0 amide bonds. The van der Waals surface area contributed by atoms with Crippen LogP contribution in [0.25, 0.3) is 22.0 Å². The molecule has 0 radical (unpaired) electrons. The van der Waals surface area contributed by atoms with Crippen LogP contribution in [-0.4, -0.2) is 25.4 Å². The number of aromatic nitrogens is 2. The second-order valence-electron chi connectivity index (χ2n) is 6.65. The smallest absolute Gasteiger partial charge is 0.278 e. The van der Waals surface area contributed by atoms with Crippen molar-refractivity contribution in [2.75, 3.05) is 0 Å². The minimum absolute atomic E-state index is 0.0545. The number of aryl methyl sites for hydroxylation is 1. The lowest BCUT2D eigenvalue weighted by Gasteiger charge is -2.16. The number of nitro benzene ring substituents is 1. The fourth-order valence-electron chi connectivity index (χ4n) is 2.63. The molecule has 0 spiro atoms. The van der Waals surface area contributed by atoms with Gasteiger partial charge < -0.3 is 5.11 Å². The van der Waals surface area contributed by atoms with Gasteiger partial charge in [-0.05, 0) is 44.0 Å². The summed E-state index contributed by atoms with van der Waals surface area (Å²) in [6, 6.07) is 8.67. The van der Waals surface area contributed by atoms with Crippen molar-refractivity contribution in [3.8, 4) is 11.1 Å². The minimum Gasteiger partial charge on any atom is -0.390 e. The fourth-order valence-corrected chi connectivity index (χ4v) is 2.63. The zero-order chi connectivity index (χ0) is 18.2. The second-order valence-corrected chi connectivity index (χ2v) is 6.65. The lowest BCUT2D eigenvalue weighted by Crippen LogP contribution is -2.21. The molecular formula is C18H18FN3O3. The van der Waals surface area contributed by atoms with E-state index in [0.29, 0.717) is 35.0 Å². The predicted octanol–water partition coefficient (Wildman–Crippen LogP) is 3.91. The summed E-state index contributed by atoms with van der Waals surface area (Å²) in [4.78, 5) is 11.0. The molecule has 3 rings (SSSR count). The van der Waals surface area contributed by atoms with Gasteiger partial charge in [-0.2, -0.15) is 5.10 Å². The first-order chi connectivity index (χ1) is 11.7. The zero-order valence-electron chi connectivity index (χ0n) is 13.9. The van der Waals surface area contributed by atoms with Gasteiger partial charge in [-0.3, -0.25) is 14.8 Å². The van der Waals surface area contributed by atoms with E-state index in [1.54, 1.807) is 30.8 Å². The molecule has 0 fully saturated rings. The largest absolute Gasteiger partial charge is 0.390 e. The first-order valence-corrected chi connectivity index (χ1v) is 7.87. The normalized spacial score (nSPS) is 11.8. The molecule has 130 valence electrons. The van der Waals surface area contributed by atoms with Crippen molar-refractivity contribution in [1.29, 1.82) is 0 Å². The van der Waals surface area contributed by atoms with Gasteiger partial charge in [0.25, 0.3) is 5.69 Å². The fraction of sp³-hybridized carbons (Fsp3) is 0.278. The highest BCUT2D eigenvalue weighted by Gasteiger charge is 2.19. The number of aliphatic hydroxyl groups is 1. The Hall–Kier alpha value is -2.80. The lowest BCUT2D eigenvalue weighted by atomic mass is 10.0. The van der Waals surface area contributed by atoms with Crippen LogP contribution in [0, 0.1) is 15.9 Å². The standard InChI is InChI=1S/C18H18FN3O3/c1-18(2,23)7-8-21-11-13-9-17(22(24)25)15(10-16(13)20-21)12-3-5-14(19)6-4-12/h3-6,9-11,23H,7-8H2,1-2H3. The number of nitrogens with zero attached hydrogens (tertiary/aromatic N) is 3. The molecule has 0 saturated carbocycles. The molecule has 7 heteroatoms. The Balaban J connectivity index is 2.05. The highest BCUT2D eigenvalue weighted by Crippen LogP contribution is 2.33. The Morgan fingerprint density at radius 1 is 1.28 bits per heavy atom. The van der Waals surface area contributed by atoms with Gasteiger partial charge in [-0.1, -0.05) is 12.1 Å². The van der Waals surface area contributed by atoms with E-state index in [1.807, 2.05) is 0 Å². The molecule has 1 N–H and O–H groups in total. The van der Waals surface area contributed by atoms with Crippen molar-refractivity contribution < 1.29 is 14.4 Å². The second kappa shape index (κ2) is 6.25. The number of halogens is 1. The van der Waals surface area contributed by atoms with Crippen LogP contribution in [-0.2, 0) is 6.54 Å². The Bertz CT molecular complexity index is 927. The number of rotatable bonds is 5. The van der Waals surface area contributed by atoms with Gasteiger partial charge in [0.15, 0.2) is 0 Å². The van der Waals surface area contributed by atoms with Gasteiger partial charge in [0.05, 0.1) is 21.6 Å². The van der Waals surface area contributed by atoms with Crippen LogP contribution in [0.3, 0.4) is 0 Å². The molecular weight excluding hydrogens is 325 g/mol. The monoisotopic (exact) mass is 343 g/mol. The van der Waals surface area contributed by atoms with Crippen LogP contribution in [0.15, 0.2) is 42.6 Å². The predicted molar refractivity (Wildman–Crippen MR) is 92.7 cm³/mol. The topological polar surface area (TPSA) is 81.2 Å². The summed E-state index contributed by atoms with van der Waals surface area (Å²) in [5, 5.41) is 26.3. The van der Waals surface area contributed by atoms with Crippen LogP contribution in [0.1, 0.15) is 20.3 Å². The zero-order valence-corrected chi connectivity index (χ0v) is 13.9. The third-order valence-electron chi connectivity index (χ3n) is 3.97. The van der Waals surface area contributed by atoms with Gasteiger partial charge in [-0.25, -0.2) is 4.39 Å². The summed E-state index contributed by atoms with van der Waals surface area (Å²) >= 11 is 0. The first kappa shape index (κ1) is 17.0. The van der Waals surface area contributed by atoms with Gasteiger partial charge in [0, 0.05) is 24.2 Å². The van der Waals surface area contributed by atoms with E-state index in [-0.39, 0.29) is 5.69 Å². The lowest BCUT2D eigenvalue weighted by molar-refractivity contribution is -0.384. The number of hydrogen-bond donors (Lipinski definition) is 1. The van der Waals surface area contributed by atoms with E-state index in [2.05, 4.69) is 5.10 Å². The molecule has 0 atom stereocenters. The third kappa shape index (κ3) is 3.83. The van der Waals surface area contributed by atoms with Crippen molar-refractivity contribution >= 4 is 16.6 Å². The van der Waals surface area contributed by atoms with E-state index < -0.39 is 16.3 Å². The molecule has 0 aliphatic rings. The molecule has 1 aromatic heterocycles. The average Bonchev–Trinajstić information content (AvgIpc) is 2.94. The number of hydrogen-bond acceptors (Lipinski definition) is 4. The van der Waals surface area contributed by atoms with Crippen LogP contribution >= 0.6 is 0 Å². The molecule has 25 heavy (non-hydrogen) atoms.